The standard InChI is InChI=1S/C20H30N10O6S2/c21-13-16(32)10(36-19(13)30-8-25-15-17(22)23-7-24-18(15)30)5-26-38(34,35)29-12(31)4-2-1-3-11-14-9(6-37-11)27-20(33)28-14/h7-11,13-14,16,19,26,32H,1-6,21H2,(H,29,31)(H2,22,23,24)(H2,27,28,33)/t9?,10-,11-,13-,14?,16-,19-/m1/s1. The second kappa shape index (κ2) is 10.8. The summed E-state index contributed by atoms with van der Waals surface area (Å²) in [6, 6.07) is -0.832. The Morgan fingerprint density at radius 1 is 1.29 bits per heavy atom. The number of nitrogen functional groups attached to an aromatic ring is 1. The lowest BCUT2D eigenvalue weighted by molar-refractivity contribution is -0.119. The molecule has 9 N–H and O–H groups in total. The summed E-state index contributed by atoms with van der Waals surface area (Å²) < 4.78 is 36.3. The molecule has 0 bridgehead atoms. The molecular formula is C20H30N10O6S2. The first-order valence-corrected chi connectivity index (χ1v) is 14.7. The maximum Gasteiger partial charge on any atom is 0.315 e. The third kappa shape index (κ3) is 5.50. The molecular weight excluding hydrogens is 540 g/mol. The third-order valence-corrected chi connectivity index (χ3v) is 9.44. The van der Waals surface area contributed by atoms with Crippen LogP contribution in [0, 0.1) is 0 Å². The van der Waals surface area contributed by atoms with Crippen LogP contribution in [0.1, 0.15) is 31.9 Å². The topological polar surface area (TPSA) is 242 Å². The zero-order chi connectivity index (χ0) is 27.0. The second-order valence-corrected chi connectivity index (χ2v) is 12.2. The highest BCUT2D eigenvalue weighted by Crippen LogP contribution is 2.33. The van der Waals surface area contributed by atoms with E-state index in [1.165, 1.54) is 17.2 Å². The summed E-state index contributed by atoms with van der Waals surface area (Å²) in [4.78, 5) is 35.8. The monoisotopic (exact) mass is 570 g/mol. The Morgan fingerprint density at radius 3 is 2.92 bits per heavy atom. The maximum absolute atomic E-state index is 12.4. The molecule has 0 saturated carbocycles. The van der Waals surface area contributed by atoms with Crippen molar-refractivity contribution in [1.29, 1.82) is 0 Å². The van der Waals surface area contributed by atoms with Crippen LogP contribution >= 0.6 is 11.8 Å². The molecule has 5 heterocycles. The maximum atomic E-state index is 12.4. The lowest BCUT2D eigenvalue weighted by Crippen LogP contribution is -2.46. The summed E-state index contributed by atoms with van der Waals surface area (Å²) in [5.74, 6) is 0.382. The minimum absolute atomic E-state index is 0.0329. The zero-order valence-electron chi connectivity index (χ0n) is 20.2. The summed E-state index contributed by atoms with van der Waals surface area (Å²) in [5, 5.41) is 16.6. The Bertz CT molecular complexity index is 1310. The molecule has 2 aromatic rings. The van der Waals surface area contributed by atoms with Crippen molar-refractivity contribution >= 4 is 50.9 Å². The molecule has 0 aromatic carbocycles. The molecule has 0 aliphatic carbocycles. The predicted octanol–water partition coefficient (Wildman–Crippen LogP) is -2.33. The zero-order valence-corrected chi connectivity index (χ0v) is 21.8. The third-order valence-electron chi connectivity index (χ3n) is 6.88. The highest BCUT2D eigenvalue weighted by Gasteiger charge is 2.44. The van der Waals surface area contributed by atoms with E-state index in [4.69, 9.17) is 16.2 Å². The molecule has 5 rings (SSSR count). The van der Waals surface area contributed by atoms with E-state index < -0.39 is 40.6 Å². The van der Waals surface area contributed by atoms with E-state index in [9.17, 15) is 23.1 Å². The number of aliphatic hydroxyl groups is 1. The molecule has 18 heteroatoms. The van der Waals surface area contributed by atoms with Crippen molar-refractivity contribution in [1.82, 2.24) is 39.6 Å². The summed E-state index contributed by atoms with van der Waals surface area (Å²) in [7, 11) is -4.19. The van der Waals surface area contributed by atoms with Gasteiger partial charge in [0, 0.05) is 24.0 Å². The van der Waals surface area contributed by atoms with E-state index in [-0.39, 0.29) is 42.1 Å². The fraction of sp³-hybridized carbons (Fsp3) is 0.650. The van der Waals surface area contributed by atoms with Crippen LogP contribution in [0.25, 0.3) is 11.2 Å². The highest BCUT2D eigenvalue weighted by molar-refractivity contribution is 8.00. The number of rotatable bonds is 10. The molecule has 3 aliphatic rings. The molecule has 16 nitrogen and oxygen atoms in total. The van der Waals surface area contributed by atoms with Crippen LogP contribution in [0.5, 0.6) is 0 Å². The number of amides is 3. The van der Waals surface area contributed by atoms with Gasteiger partial charge in [-0.1, -0.05) is 6.42 Å². The number of hydrogen-bond donors (Lipinski definition) is 7. The average molecular weight is 571 g/mol. The SMILES string of the molecule is Nc1ncnc2c1ncn2[C@@H]1O[C@H](CNS(=O)(=O)NC(=O)CCCC[C@H]2SCC3NC(=O)NC32)[C@@H](O)[C@H]1N. The van der Waals surface area contributed by atoms with Gasteiger partial charge in [0.25, 0.3) is 0 Å². The fourth-order valence-electron chi connectivity index (χ4n) is 4.95. The van der Waals surface area contributed by atoms with Gasteiger partial charge in [0.15, 0.2) is 17.7 Å². The fourth-order valence-corrected chi connectivity index (χ4v) is 7.35. The smallest absolute Gasteiger partial charge is 0.315 e. The van der Waals surface area contributed by atoms with E-state index >= 15 is 0 Å². The van der Waals surface area contributed by atoms with Crippen molar-refractivity contribution in [3.63, 3.8) is 0 Å². The first kappa shape index (κ1) is 26.8. The van der Waals surface area contributed by atoms with Gasteiger partial charge in [-0.3, -0.25) is 9.36 Å². The number of carbonyl (C=O) groups is 2. The van der Waals surface area contributed by atoms with Crippen molar-refractivity contribution in [2.45, 2.75) is 67.5 Å². The molecule has 38 heavy (non-hydrogen) atoms. The van der Waals surface area contributed by atoms with Crippen LogP contribution in [0.3, 0.4) is 0 Å². The van der Waals surface area contributed by atoms with Gasteiger partial charge in [-0.05, 0) is 12.8 Å². The number of carbonyl (C=O) groups excluding carboxylic acids is 2. The average Bonchev–Trinajstić information content (AvgIpc) is 3.61. The van der Waals surface area contributed by atoms with Gasteiger partial charge >= 0.3 is 16.2 Å². The number of fused-ring (bicyclic) bond motifs is 2. The molecule has 3 saturated heterocycles. The van der Waals surface area contributed by atoms with Gasteiger partial charge < -0.3 is 31.9 Å². The number of nitrogens with two attached hydrogens (primary N) is 2. The van der Waals surface area contributed by atoms with Gasteiger partial charge in [-0.25, -0.2) is 24.5 Å². The number of nitrogens with one attached hydrogen (secondary N) is 4. The lowest BCUT2D eigenvalue weighted by atomic mass is 10.0. The van der Waals surface area contributed by atoms with Gasteiger partial charge in [-0.2, -0.15) is 24.9 Å². The van der Waals surface area contributed by atoms with E-state index in [2.05, 4.69) is 30.3 Å². The second-order valence-electron chi connectivity index (χ2n) is 9.46. The minimum atomic E-state index is -4.19. The summed E-state index contributed by atoms with van der Waals surface area (Å²) in [6.45, 7) is -0.320. The summed E-state index contributed by atoms with van der Waals surface area (Å²) in [6.07, 6.45) is 1.67. The number of unbranched alkanes of at least 4 members (excludes halogenated alkanes) is 1. The van der Waals surface area contributed by atoms with Gasteiger partial charge in [0.2, 0.25) is 5.91 Å². The number of aromatic nitrogens is 4. The van der Waals surface area contributed by atoms with Crippen LogP contribution in [-0.2, 0) is 19.7 Å². The predicted molar refractivity (Wildman–Crippen MR) is 137 cm³/mol. The summed E-state index contributed by atoms with van der Waals surface area (Å²) >= 11 is 1.78. The Hall–Kier alpha value is -2.77. The Labute approximate surface area is 222 Å². The van der Waals surface area contributed by atoms with Crippen LogP contribution in [0.2, 0.25) is 0 Å². The first-order chi connectivity index (χ1) is 18.1. The Balaban J connectivity index is 1.07. The van der Waals surface area contributed by atoms with Crippen LogP contribution < -0.4 is 31.5 Å². The highest BCUT2D eigenvalue weighted by atomic mass is 32.2. The quantitative estimate of drug-likeness (QED) is 0.117. The van der Waals surface area contributed by atoms with Crippen molar-refractivity contribution in [2.24, 2.45) is 5.73 Å². The molecule has 0 radical (unpaired) electrons. The summed E-state index contributed by atoms with van der Waals surface area (Å²) in [5.41, 5.74) is 12.6. The normalized spacial score (nSPS) is 30.8. The number of thioether (sulfide) groups is 1. The lowest BCUT2D eigenvalue weighted by Gasteiger charge is -2.17. The van der Waals surface area contributed by atoms with Crippen molar-refractivity contribution in [3.05, 3.63) is 12.7 Å². The molecule has 208 valence electrons. The number of hydrogen-bond acceptors (Lipinski definition) is 12. The van der Waals surface area contributed by atoms with E-state index in [0.29, 0.717) is 17.6 Å². The first-order valence-electron chi connectivity index (χ1n) is 12.1. The molecule has 7 atom stereocenters. The molecule has 3 aliphatic heterocycles. The van der Waals surface area contributed by atoms with Gasteiger partial charge in [0.1, 0.15) is 24.1 Å². The van der Waals surface area contributed by atoms with Crippen LogP contribution in [0.15, 0.2) is 12.7 Å². The number of nitrogens with zero attached hydrogens (tertiary/aromatic N) is 4. The number of ether oxygens (including phenoxy) is 1. The largest absolute Gasteiger partial charge is 0.389 e. The van der Waals surface area contributed by atoms with E-state index in [0.717, 1.165) is 18.6 Å². The Kier molecular flexibility index (Phi) is 7.60. The molecule has 2 unspecified atom stereocenters. The molecule has 3 fully saturated rings. The van der Waals surface area contributed by atoms with Crippen LogP contribution in [-0.4, -0.2) is 92.9 Å². The van der Waals surface area contributed by atoms with E-state index in [1.807, 2.05) is 4.72 Å². The number of anilines is 1. The van der Waals surface area contributed by atoms with Crippen LogP contribution in [0.4, 0.5) is 10.6 Å². The number of urea groups is 1. The number of imidazole rings is 1. The molecule has 3 amide bonds. The minimum Gasteiger partial charge on any atom is -0.389 e. The molecule has 0 spiro atoms. The van der Waals surface area contributed by atoms with Crippen molar-refractivity contribution in [3.8, 4) is 0 Å². The Morgan fingerprint density at radius 2 is 2.11 bits per heavy atom. The van der Waals surface area contributed by atoms with E-state index in [1.54, 1.807) is 11.8 Å². The number of aliphatic hydroxyl groups excluding tert-OH is 1. The van der Waals surface area contributed by atoms with Gasteiger partial charge in [-0.15, -0.1) is 0 Å². The van der Waals surface area contributed by atoms with Gasteiger partial charge in [0.05, 0.1) is 24.5 Å². The van der Waals surface area contributed by atoms with Crippen molar-refractivity contribution in [2.75, 3.05) is 18.0 Å². The van der Waals surface area contributed by atoms with Crippen molar-refractivity contribution < 1.29 is 27.9 Å². The molecule has 2 aromatic heterocycles.